The Labute approximate surface area is 187 Å². The van der Waals surface area contributed by atoms with Crippen LogP contribution in [0.4, 0.5) is 0 Å². The van der Waals surface area contributed by atoms with Crippen molar-refractivity contribution in [1.82, 2.24) is 10.6 Å². The smallest absolute Gasteiger partial charge is 0.191 e. The number of sulfone groups is 1. The van der Waals surface area contributed by atoms with Crippen LogP contribution in [-0.4, -0.2) is 40.3 Å². The average Bonchev–Trinajstić information content (AvgIpc) is 3.24. The van der Waals surface area contributed by atoms with Gasteiger partial charge in [0.2, 0.25) is 0 Å². The quantitative estimate of drug-likeness (QED) is 0.313. The van der Waals surface area contributed by atoms with Crippen LogP contribution in [0, 0.1) is 17.8 Å². The van der Waals surface area contributed by atoms with E-state index in [0.717, 1.165) is 55.3 Å². The standard InChI is InChI=1S/C21H33N3O2S.HI/c1-3-22-21(24-13-11-19-15-17-4-7-18(19)14-17)23-12-10-16-5-8-20(9-6-16)27(2,25)26;/h5-6,8-9,17-19H,3-4,7,10-15H2,1-2H3,(H2,22,23,24);1H. The van der Waals surface area contributed by atoms with Crippen LogP contribution in [0.2, 0.25) is 0 Å². The average molecular weight is 519 g/mol. The van der Waals surface area contributed by atoms with Gasteiger partial charge in [-0.15, -0.1) is 24.0 Å². The maximum absolute atomic E-state index is 11.5. The van der Waals surface area contributed by atoms with Crippen molar-refractivity contribution in [2.45, 2.75) is 50.3 Å². The minimum atomic E-state index is -3.13. The van der Waals surface area contributed by atoms with E-state index in [1.54, 1.807) is 12.1 Å². The highest BCUT2D eigenvalue weighted by molar-refractivity contribution is 14.0. The van der Waals surface area contributed by atoms with Crippen molar-refractivity contribution in [2.24, 2.45) is 22.7 Å². The summed E-state index contributed by atoms with van der Waals surface area (Å²) >= 11 is 0. The molecule has 0 spiro atoms. The summed E-state index contributed by atoms with van der Waals surface area (Å²) in [5.74, 6) is 3.75. The second kappa shape index (κ2) is 10.8. The van der Waals surface area contributed by atoms with Gasteiger partial charge in [0.25, 0.3) is 0 Å². The van der Waals surface area contributed by atoms with E-state index in [-0.39, 0.29) is 24.0 Å². The fraction of sp³-hybridized carbons (Fsp3) is 0.667. The molecule has 7 heteroatoms. The van der Waals surface area contributed by atoms with Gasteiger partial charge < -0.3 is 10.6 Å². The zero-order chi connectivity index (χ0) is 19.3. The van der Waals surface area contributed by atoms with Crippen LogP contribution in [0.15, 0.2) is 34.2 Å². The molecule has 1 aromatic rings. The zero-order valence-corrected chi connectivity index (χ0v) is 20.1. The van der Waals surface area contributed by atoms with Gasteiger partial charge in [-0.1, -0.05) is 18.6 Å². The second-order valence-electron chi connectivity index (χ2n) is 8.08. The number of benzene rings is 1. The summed E-state index contributed by atoms with van der Waals surface area (Å²) in [6.45, 7) is 4.60. The molecule has 0 heterocycles. The summed E-state index contributed by atoms with van der Waals surface area (Å²) in [7, 11) is -3.13. The molecule has 0 saturated heterocycles. The van der Waals surface area contributed by atoms with Gasteiger partial charge in [0.05, 0.1) is 4.90 Å². The zero-order valence-electron chi connectivity index (χ0n) is 17.0. The molecule has 3 rings (SSSR count). The Balaban J connectivity index is 0.00000280. The van der Waals surface area contributed by atoms with Gasteiger partial charge in [0.1, 0.15) is 0 Å². The Bertz CT molecular complexity index is 749. The molecule has 2 saturated carbocycles. The van der Waals surface area contributed by atoms with Gasteiger partial charge in [-0.05, 0) is 74.5 Å². The summed E-state index contributed by atoms with van der Waals surface area (Å²) < 4.78 is 23.0. The van der Waals surface area contributed by atoms with E-state index in [1.165, 1.54) is 38.4 Å². The number of aliphatic imine (C=N–C) groups is 1. The summed E-state index contributed by atoms with van der Waals surface area (Å²) in [6, 6.07) is 7.13. The van der Waals surface area contributed by atoms with Crippen LogP contribution in [0.3, 0.4) is 0 Å². The minimum Gasteiger partial charge on any atom is -0.357 e. The third-order valence-corrected chi connectivity index (χ3v) is 7.18. The molecule has 2 fully saturated rings. The number of hydrogen-bond donors (Lipinski definition) is 2. The van der Waals surface area contributed by atoms with Crippen LogP contribution in [-0.2, 0) is 16.3 Å². The Kier molecular flexibility index (Phi) is 9.05. The number of rotatable bonds is 8. The van der Waals surface area contributed by atoms with Crippen LogP contribution < -0.4 is 10.6 Å². The molecule has 3 atom stereocenters. The summed E-state index contributed by atoms with van der Waals surface area (Å²) in [4.78, 5) is 5.12. The molecule has 3 unspecified atom stereocenters. The molecule has 5 nitrogen and oxygen atoms in total. The molecule has 0 amide bonds. The highest BCUT2D eigenvalue weighted by Gasteiger charge is 2.38. The van der Waals surface area contributed by atoms with Gasteiger partial charge >= 0.3 is 0 Å². The Morgan fingerprint density at radius 3 is 2.46 bits per heavy atom. The largest absolute Gasteiger partial charge is 0.357 e. The minimum absolute atomic E-state index is 0. The molecule has 2 aliphatic carbocycles. The van der Waals surface area contributed by atoms with Gasteiger partial charge in [-0.25, -0.2) is 8.42 Å². The maximum atomic E-state index is 11.5. The van der Waals surface area contributed by atoms with Crippen molar-refractivity contribution in [1.29, 1.82) is 0 Å². The fourth-order valence-corrected chi connectivity index (χ4v) is 5.27. The lowest BCUT2D eigenvalue weighted by Crippen LogP contribution is -2.38. The third kappa shape index (κ3) is 6.61. The lowest BCUT2D eigenvalue weighted by atomic mass is 9.86. The lowest BCUT2D eigenvalue weighted by Gasteiger charge is -2.20. The summed E-state index contributed by atoms with van der Waals surface area (Å²) in [5, 5.41) is 6.71. The summed E-state index contributed by atoms with van der Waals surface area (Å²) in [5.41, 5.74) is 1.12. The lowest BCUT2D eigenvalue weighted by molar-refractivity contribution is 0.318. The first-order valence-electron chi connectivity index (χ1n) is 10.3. The third-order valence-electron chi connectivity index (χ3n) is 6.06. The monoisotopic (exact) mass is 519 g/mol. The molecule has 2 bridgehead atoms. The van der Waals surface area contributed by atoms with Crippen molar-refractivity contribution >= 4 is 39.8 Å². The fourth-order valence-electron chi connectivity index (χ4n) is 4.64. The van der Waals surface area contributed by atoms with Crippen LogP contribution in [0.1, 0.15) is 44.6 Å². The molecule has 28 heavy (non-hydrogen) atoms. The number of nitrogens with one attached hydrogen (secondary N) is 2. The predicted molar refractivity (Wildman–Crippen MR) is 126 cm³/mol. The predicted octanol–water partition coefficient (Wildman–Crippen LogP) is 3.63. The Morgan fingerprint density at radius 2 is 1.89 bits per heavy atom. The molecule has 1 aromatic carbocycles. The van der Waals surface area contributed by atoms with Crippen molar-refractivity contribution < 1.29 is 8.42 Å². The van der Waals surface area contributed by atoms with Gasteiger partial charge in [-0.2, -0.15) is 0 Å². The second-order valence-corrected chi connectivity index (χ2v) is 10.1. The van der Waals surface area contributed by atoms with E-state index in [9.17, 15) is 8.42 Å². The molecule has 2 aliphatic rings. The summed E-state index contributed by atoms with van der Waals surface area (Å²) in [6.07, 6.45) is 9.07. The molecule has 0 aromatic heterocycles. The van der Waals surface area contributed by atoms with Crippen molar-refractivity contribution in [3.05, 3.63) is 29.8 Å². The molecule has 0 radical (unpaired) electrons. The van der Waals surface area contributed by atoms with E-state index in [1.807, 2.05) is 12.1 Å². The van der Waals surface area contributed by atoms with Crippen molar-refractivity contribution in [3.8, 4) is 0 Å². The SMILES string of the molecule is CCNC(=NCCC1CC2CCC1C2)NCCc1ccc(S(C)(=O)=O)cc1.I. The molecule has 158 valence electrons. The normalized spacial score (nSPS) is 24.1. The molecule has 2 N–H and O–H groups in total. The van der Waals surface area contributed by atoms with E-state index in [4.69, 9.17) is 4.99 Å². The number of hydrogen-bond acceptors (Lipinski definition) is 3. The molecular weight excluding hydrogens is 485 g/mol. The number of halogens is 1. The van der Waals surface area contributed by atoms with Gasteiger partial charge in [0.15, 0.2) is 15.8 Å². The van der Waals surface area contributed by atoms with Crippen LogP contribution >= 0.6 is 24.0 Å². The highest BCUT2D eigenvalue weighted by Crippen LogP contribution is 2.49. The highest BCUT2D eigenvalue weighted by atomic mass is 127. The first kappa shape index (κ1) is 23.4. The van der Waals surface area contributed by atoms with Crippen LogP contribution in [0.5, 0.6) is 0 Å². The van der Waals surface area contributed by atoms with E-state index < -0.39 is 9.84 Å². The number of nitrogens with zero attached hydrogens (tertiary/aromatic N) is 1. The van der Waals surface area contributed by atoms with Crippen molar-refractivity contribution in [2.75, 3.05) is 25.9 Å². The number of guanidine groups is 1. The van der Waals surface area contributed by atoms with E-state index in [2.05, 4.69) is 17.6 Å². The Hall–Kier alpha value is -0.830. The van der Waals surface area contributed by atoms with E-state index in [0.29, 0.717) is 4.90 Å². The molecule has 0 aliphatic heterocycles. The first-order chi connectivity index (χ1) is 13.0. The van der Waals surface area contributed by atoms with E-state index >= 15 is 0 Å². The van der Waals surface area contributed by atoms with Crippen molar-refractivity contribution in [3.63, 3.8) is 0 Å². The molecular formula is C21H34IN3O2S. The van der Waals surface area contributed by atoms with Gasteiger partial charge in [0, 0.05) is 25.9 Å². The number of fused-ring (bicyclic) bond motifs is 2. The first-order valence-corrected chi connectivity index (χ1v) is 12.2. The van der Waals surface area contributed by atoms with Gasteiger partial charge in [-0.3, -0.25) is 4.99 Å². The van der Waals surface area contributed by atoms with Crippen LogP contribution in [0.25, 0.3) is 0 Å². The Morgan fingerprint density at radius 1 is 1.14 bits per heavy atom. The maximum Gasteiger partial charge on any atom is 0.191 e. The topological polar surface area (TPSA) is 70.6 Å².